The van der Waals surface area contributed by atoms with Crippen molar-refractivity contribution in [2.45, 2.75) is 6.42 Å². The largest absolute Gasteiger partial charge is 0.388 e. The molecular formula is C15H12ClNO. The van der Waals surface area contributed by atoms with E-state index in [-0.39, 0.29) is 5.78 Å². The van der Waals surface area contributed by atoms with E-state index in [2.05, 4.69) is 5.32 Å². The SMILES string of the molecule is CNc1cccc2c1Cc1c(Cl)cccc1C2=O. The quantitative estimate of drug-likeness (QED) is 0.723. The highest BCUT2D eigenvalue weighted by Crippen LogP contribution is 2.34. The first-order valence-corrected chi connectivity index (χ1v) is 6.22. The van der Waals surface area contributed by atoms with Crippen molar-refractivity contribution in [3.05, 3.63) is 63.7 Å². The maximum absolute atomic E-state index is 12.4. The lowest BCUT2D eigenvalue weighted by Gasteiger charge is -2.21. The van der Waals surface area contributed by atoms with E-state index in [1.165, 1.54) is 0 Å². The zero-order valence-corrected chi connectivity index (χ0v) is 10.7. The van der Waals surface area contributed by atoms with Crippen LogP contribution in [0.2, 0.25) is 5.02 Å². The monoisotopic (exact) mass is 257 g/mol. The molecule has 1 aliphatic rings. The molecule has 1 aliphatic carbocycles. The summed E-state index contributed by atoms with van der Waals surface area (Å²) in [5, 5.41) is 3.79. The molecule has 2 nitrogen and oxygen atoms in total. The second kappa shape index (κ2) is 4.14. The third kappa shape index (κ3) is 1.53. The number of hydrogen-bond acceptors (Lipinski definition) is 2. The Morgan fingerprint density at radius 3 is 2.44 bits per heavy atom. The van der Waals surface area contributed by atoms with Gasteiger partial charge in [-0.2, -0.15) is 0 Å². The van der Waals surface area contributed by atoms with E-state index in [4.69, 9.17) is 11.6 Å². The third-order valence-electron chi connectivity index (χ3n) is 3.41. The van der Waals surface area contributed by atoms with Crippen LogP contribution in [0.15, 0.2) is 36.4 Å². The Labute approximate surface area is 111 Å². The summed E-state index contributed by atoms with van der Waals surface area (Å²) in [5.41, 5.74) is 4.45. The second-order valence-corrected chi connectivity index (χ2v) is 4.76. The highest BCUT2D eigenvalue weighted by molar-refractivity contribution is 6.32. The number of carbonyl (C=O) groups excluding carboxylic acids is 1. The molecule has 1 N–H and O–H groups in total. The van der Waals surface area contributed by atoms with E-state index in [1.54, 1.807) is 0 Å². The van der Waals surface area contributed by atoms with Gasteiger partial charge in [-0.15, -0.1) is 0 Å². The molecule has 0 amide bonds. The number of fused-ring (bicyclic) bond motifs is 2. The van der Waals surface area contributed by atoms with Crippen molar-refractivity contribution >= 4 is 23.1 Å². The van der Waals surface area contributed by atoms with E-state index in [0.29, 0.717) is 11.4 Å². The summed E-state index contributed by atoms with van der Waals surface area (Å²) in [5.74, 6) is 0.0610. The second-order valence-electron chi connectivity index (χ2n) is 4.35. The van der Waals surface area contributed by atoms with Gasteiger partial charge in [0.1, 0.15) is 0 Å². The van der Waals surface area contributed by atoms with Gasteiger partial charge in [-0.1, -0.05) is 35.9 Å². The van der Waals surface area contributed by atoms with E-state index in [9.17, 15) is 4.79 Å². The van der Waals surface area contributed by atoms with Crippen LogP contribution in [0.3, 0.4) is 0 Å². The Morgan fingerprint density at radius 1 is 1.06 bits per heavy atom. The molecule has 0 heterocycles. The molecule has 0 atom stereocenters. The van der Waals surface area contributed by atoms with Crippen LogP contribution in [-0.2, 0) is 6.42 Å². The molecule has 0 spiro atoms. The first-order valence-electron chi connectivity index (χ1n) is 5.84. The molecule has 0 saturated heterocycles. The van der Waals surface area contributed by atoms with Gasteiger partial charge in [0, 0.05) is 35.3 Å². The number of benzene rings is 2. The lowest BCUT2D eigenvalue weighted by Crippen LogP contribution is -2.16. The van der Waals surface area contributed by atoms with Gasteiger partial charge in [0.15, 0.2) is 5.78 Å². The number of ketones is 1. The van der Waals surface area contributed by atoms with Crippen molar-refractivity contribution in [1.82, 2.24) is 0 Å². The normalized spacial score (nSPS) is 12.9. The van der Waals surface area contributed by atoms with Crippen molar-refractivity contribution < 1.29 is 4.79 Å². The minimum absolute atomic E-state index is 0.0610. The fourth-order valence-corrected chi connectivity index (χ4v) is 2.74. The molecule has 0 aromatic heterocycles. The minimum atomic E-state index is 0.0610. The molecule has 2 aromatic carbocycles. The molecule has 0 aliphatic heterocycles. The Hall–Kier alpha value is -1.80. The average Bonchev–Trinajstić information content (AvgIpc) is 2.40. The molecule has 2 aromatic rings. The Bertz CT molecular complexity index is 649. The summed E-state index contributed by atoms with van der Waals surface area (Å²) >= 11 is 6.20. The minimum Gasteiger partial charge on any atom is -0.388 e. The van der Waals surface area contributed by atoms with E-state index in [1.807, 2.05) is 43.4 Å². The molecule has 3 heteroatoms. The molecule has 90 valence electrons. The lowest BCUT2D eigenvalue weighted by molar-refractivity contribution is 0.103. The van der Waals surface area contributed by atoms with Crippen LogP contribution in [0, 0.1) is 0 Å². The summed E-state index contributed by atoms with van der Waals surface area (Å²) in [6.45, 7) is 0. The molecule has 3 rings (SSSR count). The molecule has 0 bridgehead atoms. The Morgan fingerprint density at radius 2 is 1.72 bits per heavy atom. The highest BCUT2D eigenvalue weighted by Gasteiger charge is 2.26. The number of hydrogen-bond donors (Lipinski definition) is 1. The first-order chi connectivity index (χ1) is 8.72. The van der Waals surface area contributed by atoms with Gasteiger partial charge in [0.05, 0.1) is 0 Å². The van der Waals surface area contributed by atoms with Gasteiger partial charge in [0.2, 0.25) is 0 Å². The summed E-state index contributed by atoms with van der Waals surface area (Å²) in [7, 11) is 1.86. The summed E-state index contributed by atoms with van der Waals surface area (Å²) < 4.78 is 0. The smallest absolute Gasteiger partial charge is 0.193 e. The zero-order valence-electron chi connectivity index (χ0n) is 9.96. The third-order valence-corrected chi connectivity index (χ3v) is 3.76. The summed E-state index contributed by atoms with van der Waals surface area (Å²) in [4.78, 5) is 12.4. The first kappa shape index (κ1) is 11.3. The van der Waals surface area contributed by atoms with E-state index >= 15 is 0 Å². The average molecular weight is 258 g/mol. The van der Waals surface area contributed by atoms with Gasteiger partial charge in [-0.05, 0) is 23.3 Å². The van der Waals surface area contributed by atoms with Crippen LogP contribution < -0.4 is 5.32 Å². The maximum Gasteiger partial charge on any atom is 0.193 e. The van der Waals surface area contributed by atoms with Crippen molar-refractivity contribution in [3.8, 4) is 0 Å². The van der Waals surface area contributed by atoms with Crippen molar-refractivity contribution in [1.29, 1.82) is 0 Å². The van der Waals surface area contributed by atoms with Crippen LogP contribution in [0.25, 0.3) is 0 Å². The van der Waals surface area contributed by atoms with Gasteiger partial charge in [-0.3, -0.25) is 4.79 Å². The molecule has 0 saturated carbocycles. The molecule has 0 fully saturated rings. The molecular weight excluding hydrogens is 246 g/mol. The van der Waals surface area contributed by atoms with E-state index < -0.39 is 0 Å². The Balaban J connectivity index is 2.25. The van der Waals surface area contributed by atoms with Crippen LogP contribution >= 0.6 is 11.6 Å². The fourth-order valence-electron chi connectivity index (χ4n) is 2.50. The van der Waals surface area contributed by atoms with Crippen LogP contribution in [0.1, 0.15) is 27.0 Å². The molecule has 0 unspecified atom stereocenters. The predicted octanol–water partition coefficient (Wildman–Crippen LogP) is 3.52. The maximum atomic E-state index is 12.4. The van der Waals surface area contributed by atoms with E-state index in [0.717, 1.165) is 27.9 Å². The number of anilines is 1. The van der Waals surface area contributed by atoms with Crippen LogP contribution in [0.4, 0.5) is 5.69 Å². The number of halogens is 1. The summed E-state index contributed by atoms with van der Waals surface area (Å²) in [6.07, 6.45) is 0.701. The fraction of sp³-hybridized carbons (Fsp3) is 0.133. The topological polar surface area (TPSA) is 29.1 Å². The van der Waals surface area contributed by atoms with Gasteiger partial charge < -0.3 is 5.32 Å². The predicted molar refractivity (Wildman–Crippen MR) is 73.7 cm³/mol. The zero-order chi connectivity index (χ0) is 12.7. The van der Waals surface area contributed by atoms with Crippen LogP contribution in [-0.4, -0.2) is 12.8 Å². The highest BCUT2D eigenvalue weighted by atomic mass is 35.5. The number of carbonyl (C=O) groups is 1. The van der Waals surface area contributed by atoms with Gasteiger partial charge in [-0.25, -0.2) is 0 Å². The number of rotatable bonds is 1. The van der Waals surface area contributed by atoms with Gasteiger partial charge >= 0.3 is 0 Å². The standard InChI is InChI=1S/C15H12ClNO/c1-17-14-7-3-5-10-12(14)8-11-9(15(10)18)4-2-6-13(11)16/h2-7,17H,8H2,1H3. The van der Waals surface area contributed by atoms with Crippen molar-refractivity contribution in [2.75, 3.05) is 12.4 Å². The van der Waals surface area contributed by atoms with Crippen molar-refractivity contribution in [3.63, 3.8) is 0 Å². The number of nitrogens with one attached hydrogen (secondary N) is 1. The van der Waals surface area contributed by atoms with Crippen molar-refractivity contribution in [2.24, 2.45) is 0 Å². The Kier molecular flexibility index (Phi) is 2.60. The summed E-state index contributed by atoms with van der Waals surface area (Å²) in [6, 6.07) is 11.3. The lowest BCUT2D eigenvalue weighted by atomic mass is 9.84. The molecule has 0 radical (unpaired) electrons. The van der Waals surface area contributed by atoms with Crippen LogP contribution in [0.5, 0.6) is 0 Å². The molecule has 18 heavy (non-hydrogen) atoms. The van der Waals surface area contributed by atoms with Gasteiger partial charge in [0.25, 0.3) is 0 Å².